The molecule has 3 aromatic carbocycles. The minimum absolute atomic E-state index is 0.00235. The highest BCUT2D eigenvalue weighted by Crippen LogP contribution is 2.37. The number of carbonyl (C=O) groups excluding carboxylic acids is 2. The fourth-order valence-electron chi connectivity index (χ4n) is 5.18. The van der Waals surface area contributed by atoms with E-state index in [1.54, 1.807) is 6.20 Å². The molecule has 1 fully saturated rings. The molecule has 0 radical (unpaired) electrons. The molecule has 1 aliphatic rings. The Morgan fingerprint density at radius 1 is 0.811 bits per heavy atom. The van der Waals surface area contributed by atoms with E-state index in [1.807, 2.05) is 115 Å². The lowest BCUT2D eigenvalue weighted by Crippen LogP contribution is -2.53. The third-order valence-corrected chi connectivity index (χ3v) is 7.44. The third kappa shape index (κ3) is 5.17. The first-order chi connectivity index (χ1) is 18.1. The molecule has 1 aliphatic heterocycles. The summed E-state index contributed by atoms with van der Waals surface area (Å²) in [5.74, 6) is 0.0143. The van der Waals surface area contributed by atoms with Gasteiger partial charge >= 0.3 is 0 Å². The van der Waals surface area contributed by atoms with Crippen LogP contribution in [0.3, 0.4) is 0 Å². The van der Waals surface area contributed by atoms with Gasteiger partial charge in [-0.3, -0.25) is 14.6 Å². The van der Waals surface area contributed by atoms with Crippen molar-refractivity contribution in [2.75, 3.05) is 13.1 Å². The second-order valence-corrected chi connectivity index (χ2v) is 9.67. The molecule has 0 unspecified atom stereocenters. The van der Waals surface area contributed by atoms with Crippen LogP contribution in [0.1, 0.15) is 47.3 Å². The molecule has 1 N–H and O–H groups in total. The molecule has 2 heterocycles. The summed E-state index contributed by atoms with van der Waals surface area (Å²) in [5.41, 5.74) is 4.09. The van der Waals surface area contributed by atoms with Gasteiger partial charge in [0.1, 0.15) is 0 Å². The first kappa shape index (κ1) is 24.4. The van der Waals surface area contributed by atoms with Gasteiger partial charge in [0.05, 0.1) is 11.5 Å². The zero-order valence-electron chi connectivity index (χ0n) is 21.0. The van der Waals surface area contributed by atoms with Crippen LogP contribution in [0.15, 0.2) is 109 Å². The molecule has 4 aromatic rings. The first-order valence-corrected chi connectivity index (χ1v) is 12.8. The van der Waals surface area contributed by atoms with E-state index in [2.05, 4.69) is 10.3 Å². The van der Waals surface area contributed by atoms with Crippen LogP contribution in [0.5, 0.6) is 0 Å². The Bertz CT molecular complexity index is 1330. The van der Waals surface area contributed by atoms with Gasteiger partial charge in [-0.2, -0.15) is 0 Å². The summed E-state index contributed by atoms with van der Waals surface area (Å²) >= 11 is 0. The number of piperidine rings is 1. The standard InChI is InChI=1S/C32H31N3O2/c1-24(25-9-4-2-5-10-25)34-31(37)32(29-12-6-3-7-13-29)18-21-35(22-19-32)30(36)27-16-14-26(15-17-27)28-11-8-20-33-23-28/h2-17,20,23-24H,18-19,21-22H2,1H3,(H,34,37)/t24-/m0/s1. The number of carbonyl (C=O) groups is 2. The second-order valence-electron chi connectivity index (χ2n) is 9.67. The monoisotopic (exact) mass is 489 g/mol. The largest absolute Gasteiger partial charge is 0.349 e. The molecule has 0 spiro atoms. The van der Waals surface area contributed by atoms with Gasteiger partial charge in [-0.25, -0.2) is 0 Å². The Hall–Kier alpha value is -4.25. The van der Waals surface area contributed by atoms with Gasteiger partial charge in [-0.05, 0) is 60.2 Å². The molecule has 5 nitrogen and oxygen atoms in total. The van der Waals surface area contributed by atoms with Gasteiger partial charge < -0.3 is 10.2 Å². The van der Waals surface area contributed by atoms with Crippen molar-refractivity contribution in [3.05, 3.63) is 126 Å². The number of nitrogens with zero attached hydrogens (tertiary/aromatic N) is 2. The molecular weight excluding hydrogens is 458 g/mol. The number of benzene rings is 3. The summed E-state index contributed by atoms with van der Waals surface area (Å²) in [4.78, 5) is 33.2. The highest BCUT2D eigenvalue weighted by atomic mass is 16.2. The lowest BCUT2D eigenvalue weighted by Gasteiger charge is -2.41. The van der Waals surface area contributed by atoms with Crippen LogP contribution in [0.4, 0.5) is 0 Å². The number of aromatic nitrogens is 1. The van der Waals surface area contributed by atoms with E-state index in [1.165, 1.54) is 0 Å². The van der Waals surface area contributed by atoms with Crippen molar-refractivity contribution < 1.29 is 9.59 Å². The number of hydrogen-bond donors (Lipinski definition) is 1. The normalized spacial score (nSPS) is 15.5. The molecule has 2 amide bonds. The van der Waals surface area contributed by atoms with Crippen molar-refractivity contribution in [2.24, 2.45) is 0 Å². The highest BCUT2D eigenvalue weighted by Gasteiger charge is 2.44. The van der Waals surface area contributed by atoms with Crippen LogP contribution < -0.4 is 5.32 Å². The average molecular weight is 490 g/mol. The van der Waals surface area contributed by atoms with Crippen LogP contribution in [-0.4, -0.2) is 34.8 Å². The number of pyridine rings is 1. The van der Waals surface area contributed by atoms with Gasteiger partial charge in [-0.15, -0.1) is 0 Å². The smallest absolute Gasteiger partial charge is 0.253 e. The molecule has 1 aromatic heterocycles. The van der Waals surface area contributed by atoms with E-state index < -0.39 is 5.41 Å². The summed E-state index contributed by atoms with van der Waals surface area (Å²) in [5, 5.41) is 3.26. The summed E-state index contributed by atoms with van der Waals surface area (Å²) in [7, 11) is 0. The molecule has 1 saturated heterocycles. The van der Waals surface area contributed by atoms with Crippen molar-refractivity contribution in [3.8, 4) is 11.1 Å². The first-order valence-electron chi connectivity index (χ1n) is 12.8. The number of amides is 2. The number of nitrogens with one attached hydrogen (secondary N) is 1. The summed E-state index contributed by atoms with van der Waals surface area (Å²) in [6.45, 7) is 3.05. The average Bonchev–Trinajstić information content (AvgIpc) is 2.98. The molecular formula is C32H31N3O2. The highest BCUT2D eigenvalue weighted by molar-refractivity contribution is 5.95. The van der Waals surface area contributed by atoms with Crippen molar-refractivity contribution in [3.63, 3.8) is 0 Å². The molecule has 1 atom stereocenters. The van der Waals surface area contributed by atoms with Crippen molar-refractivity contribution >= 4 is 11.8 Å². The van der Waals surface area contributed by atoms with Crippen molar-refractivity contribution in [1.29, 1.82) is 0 Å². The summed E-state index contributed by atoms with van der Waals surface area (Å²) in [6, 6.07) is 31.4. The number of hydrogen-bond acceptors (Lipinski definition) is 3. The molecule has 0 saturated carbocycles. The Labute approximate surface area is 218 Å². The van der Waals surface area contributed by atoms with E-state index in [-0.39, 0.29) is 17.9 Å². The number of rotatable bonds is 6. The quantitative estimate of drug-likeness (QED) is 0.372. The lowest BCUT2D eigenvalue weighted by atomic mass is 9.71. The van der Waals surface area contributed by atoms with E-state index in [0.717, 1.165) is 22.3 Å². The molecule has 186 valence electrons. The minimum atomic E-state index is -0.675. The van der Waals surface area contributed by atoms with E-state index in [0.29, 0.717) is 31.5 Å². The van der Waals surface area contributed by atoms with Crippen molar-refractivity contribution in [1.82, 2.24) is 15.2 Å². The summed E-state index contributed by atoms with van der Waals surface area (Å²) < 4.78 is 0. The molecule has 5 rings (SSSR count). The van der Waals surface area contributed by atoms with Gasteiger partial charge in [0.25, 0.3) is 5.91 Å². The lowest BCUT2D eigenvalue weighted by molar-refractivity contribution is -0.129. The Morgan fingerprint density at radius 2 is 1.46 bits per heavy atom. The Balaban J connectivity index is 1.32. The second kappa shape index (κ2) is 10.8. The van der Waals surface area contributed by atoms with Gasteiger partial charge in [0.15, 0.2) is 0 Å². The van der Waals surface area contributed by atoms with E-state index in [4.69, 9.17) is 0 Å². The van der Waals surface area contributed by atoms with Crippen LogP contribution in [0.25, 0.3) is 11.1 Å². The van der Waals surface area contributed by atoms with Crippen LogP contribution in [0, 0.1) is 0 Å². The predicted octanol–water partition coefficient (Wildman–Crippen LogP) is 5.80. The predicted molar refractivity (Wildman–Crippen MR) is 146 cm³/mol. The summed E-state index contributed by atoms with van der Waals surface area (Å²) in [6.07, 6.45) is 4.71. The zero-order valence-corrected chi connectivity index (χ0v) is 21.0. The zero-order chi connectivity index (χ0) is 25.7. The molecule has 5 heteroatoms. The maximum Gasteiger partial charge on any atom is 0.253 e. The van der Waals surface area contributed by atoms with Crippen LogP contribution in [-0.2, 0) is 10.2 Å². The maximum absolute atomic E-state index is 13.8. The molecule has 0 bridgehead atoms. The molecule has 37 heavy (non-hydrogen) atoms. The van der Waals surface area contributed by atoms with Gasteiger partial charge in [0.2, 0.25) is 5.91 Å². The van der Waals surface area contributed by atoms with E-state index in [9.17, 15) is 9.59 Å². The minimum Gasteiger partial charge on any atom is -0.349 e. The SMILES string of the molecule is C[C@H](NC(=O)C1(c2ccccc2)CCN(C(=O)c2ccc(-c3cccnc3)cc2)CC1)c1ccccc1. The fraction of sp³-hybridized carbons (Fsp3) is 0.219. The molecule has 0 aliphatic carbocycles. The third-order valence-electron chi connectivity index (χ3n) is 7.44. The topological polar surface area (TPSA) is 62.3 Å². The van der Waals surface area contributed by atoms with Crippen LogP contribution >= 0.6 is 0 Å². The fourth-order valence-corrected chi connectivity index (χ4v) is 5.18. The number of likely N-dealkylation sites (tertiary alicyclic amines) is 1. The van der Waals surface area contributed by atoms with Crippen LogP contribution in [0.2, 0.25) is 0 Å². The van der Waals surface area contributed by atoms with Gasteiger partial charge in [-0.1, -0.05) is 78.9 Å². The van der Waals surface area contributed by atoms with Crippen molar-refractivity contribution in [2.45, 2.75) is 31.2 Å². The van der Waals surface area contributed by atoms with Gasteiger partial charge in [0, 0.05) is 31.0 Å². The Morgan fingerprint density at radius 3 is 2.08 bits per heavy atom. The van der Waals surface area contributed by atoms with E-state index >= 15 is 0 Å². The Kier molecular flexibility index (Phi) is 7.13. The maximum atomic E-state index is 13.8.